The second kappa shape index (κ2) is 13.4. The molecule has 0 amide bonds. The van der Waals surface area contributed by atoms with E-state index in [1.54, 1.807) is 6.07 Å². The Morgan fingerprint density at radius 3 is 1.69 bits per heavy atom. The molecule has 0 aliphatic rings. The summed E-state index contributed by atoms with van der Waals surface area (Å²) in [6.45, 7) is 3.67. The number of anilines is 7. The lowest BCUT2D eigenvalue weighted by Crippen LogP contribution is -2.23. The van der Waals surface area contributed by atoms with Crippen molar-refractivity contribution in [2.24, 2.45) is 14.1 Å². The molecule has 0 fully saturated rings. The van der Waals surface area contributed by atoms with E-state index in [-0.39, 0.29) is 11.6 Å². The number of nitrogens with one attached hydrogen (secondary N) is 4. The summed E-state index contributed by atoms with van der Waals surface area (Å²) in [7, 11) is 4.05. The molecule has 0 aliphatic carbocycles. The van der Waals surface area contributed by atoms with E-state index in [9.17, 15) is 5.11 Å². The van der Waals surface area contributed by atoms with Crippen LogP contribution in [0, 0.1) is 0 Å². The van der Waals surface area contributed by atoms with Crippen molar-refractivity contribution in [2.45, 2.75) is 25.9 Å². The predicted octanol–water partition coefficient (Wildman–Crippen LogP) is 4.11. The number of pyridine rings is 1. The van der Waals surface area contributed by atoms with E-state index < -0.39 is 0 Å². The average Bonchev–Trinajstić information content (AvgIpc) is 3.60. The molecule has 0 saturated carbocycles. The van der Waals surface area contributed by atoms with Crippen molar-refractivity contribution in [2.75, 3.05) is 40.1 Å². The fraction of sp³-hybridized carbons (Fsp3) is 0.258. The first-order chi connectivity index (χ1) is 20.4. The number of aryl methyl sites for hydroxylation is 4. The van der Waals surface area contributed by atoms with Crippen LogP contribution in [-0.4, -0.2) is 32.3 Å². The first-order valence-electron chi connectivity index (χ1n) is 14.1. The van der Waals surface area contributed by atoms with Crippen molar-refractivity contribution in [3.63, 3.8) is 0 Å². The second-order valence-corrected chi connectivity index (χ2v) is 10.4. The van der Waals surface area contributed by atoms with Crippen molar-refractivity contribution in [1.29, 1.82) is 0 Å². The summed E-state index contributed by atoms with van der Waals surface area (Å²) in [6.07, 6.45) is 14.4. The Hall–Kier alpha value is -5.19. The molecule has 42 heavy (non-hydrogen) atoms. The van der Waals surface area contributed by atoms with Gasteiger partial charge in [-0.3, -0.25) is 0 Å². The topological polar surface area (TPSA) is 125 Å². The largest absolute Gasteiger partial charge is 0.504 e. The van der Waals surface area contributed by atoms with Gasteiger partial charge in [-0.25, -0.2) is 23.3 Å². The van der Waals surface area contributed by atoms with Crippen LogP contribution in [0.25, 0.3) is 0 Å². The molecule has 0 radical (unpaired) electrons. The number of imidazole rings is 2. The highest BCUT2D eigenvalue weighted by atomic mass is 16.3. The van der Waals surface area contributed by atoms with E-state index in [2.05, 4.69) is 60.4 Å². The highest BCUT2D eigenvalue weighted by Gasteiger charge is 2.11. The van der Waals surface area contributed by atoms with Crippen molar-refractivity contribution < 1.29 is 14.2 Å². The summed E-state index contributed by atoms with van der Waals surface area (Å²) in [5, 5.41) is 23.9. The highest BCUT2D eigenvalue weighted by molar-refractivity contribution is 5.79. The van der Waals surface area contributed by atoms with Gasteiger partial charge in [0.1, 0.15) is 24.8 Å². The Morgan fingerprint density at radius 1 is 0.738 bits per heavy atom. The first kappa shape index (κ1) is 28.3. The van der Waals surface area contributed by atoms with E-state index in [4.69, 9.17) is 5.73 Å². The lowest BCUT2D eigenvalue weighted by molar-refractivity contribution is -0.671. The molecular weight excluding hydrogens is 528 g/mol. The lowest BCUT2D eigenvalue weighted by atomic mass is 10.2. The van der Waals surface area contributed by atoms with Gasteiger partial charge in [-0.05, 0) is 48.5 Å². The van der Waals surface area contributed by atoms with Gasteiger partial charge in [0.15, 0.2) is 17.4 Å². The molecule has 0 atom stereocenters. The van der Waals surface area contributed by atoms with Crippen LogP contribution in [0.1, 0.15) is 12.8 Å². The maximum Gasteiger partial charge on any atom is 0.243 e. The van der Waals surface area contributed by atoms with E-state index in [1.165, 1.54) is 0 Å². The number of aromatic hydroxyl groups is 1. The third-order valence-corrected chi connectivity index (χ3v) is 6.83. The van der Waals surface area contributed by atoms with Crippen LogP contribution in [0.3, 0.4) is 0 Å². The van der Waals surface area contributed by atoms with Crippen molar-refractivity contribution >= 4 is 40.1 Å². The van der Waals surface area contributed by atoms with E-state index in [0.29, 0.717) is 11.5 Å². The number of nitrogen functional groups attached to an aromatic ring is 1. The van der Waals surface area contributed by atoms with Crippen molar-refractivity contribution in [3.05, 3.63) is 92.0 Å². The highest BCUT2D eigenvalue weighted by Crippen LogP contribution is 2.33. The van der Waals surface area contributed by atoms with Crippen LogP contribution in [0.5, 0.6) is 5.75 Å². The zero-order valence-electron chi connectivity index (χ0n) is 24.2. The third kappa shape index (κ3) is 7.94. The van der Waals surface area contributed by atoms with E-state index in [0.717, 1.165) is 61.8 Å². The van der Waals surface area contributed by atoms with Crippen LogP contribution in [0.4, 0.5) is 40.1 Å². The number of hydrogen-bond acceptors (Lipinski definition) is 7. The van der Waals surface area contributed by atoms with E-state index >= 15 is 0 Å². The standard InChI is InChI=1S/C31H39N10O/c1-38-17-19-40(22-38)15-3-13-33-24-5-9-26(10-6-24)35-28-21-29(42)30(32)37-31(28)36-27-11-7-25(8-12-27)34-14-4-16-41-20-18-39(2)23-41/h5-12,17-23,33-35H,3-4,13-16H2,1-2H3,(H3-,32,36,37,42)/q+1/p+1. The molecule has 11 heteroatoms. The van der Waals surface area contributed by atoms with Crippen LogP contribution in [0.15, 0.2) is 92.0 Å². The zero-order chi connectivity index (χ0) is 29.3. The molecule has 3 aromatic heterocycles. The Kier molecular flexibility index (Phi) is 9.07. The summed E-state index contributed by atoms with van der Waals surface area (Å²) in [5.74, 6) is 0.503. The summed E-state index contributed by atoms with van der Waals surface area (Å²) in [6, 6.07) is 17.6. The SMILES string of the molecule is C[n+]1ccn(CCCNc2ccc(Nc3cc(O)c(N)nc3Nc3ccc(NCCCn4cc[n+](C)c4)cc3)cc2)c1. The van der Waals surface area contributed by atoms with Gasteiger partial charge in [-0.1, -0.05) is 0 Å². The maximum absolute atomic E-state index is 10.3. The van der Waals surface area contributed by atoms with Crippen molar-refractivity contribution in [1.82, 2.24) is 14.1 Å². The summed E-state index contributed by atoms with van der Waals surface area (Å²) < 4.78 is 8.43. The third-order valence-electron chi connectivity index (χ3n) is 6.83. The van der Waals surface area contributed by atoms with Gasteiger partial charge < -0.3 is 32.1 Å². The molecule has 0 unspecified atom stereocenters. The monoisotopic (exact) mass is 568 g/mol. The normalized spacial score (nSPS) is 10.9. The summed E-state index contributed by atoms with van der Waals surface area (Å²) in [5.41, 5.74) is 10.4. The Morgan fingerprint density at radius 2 is 1.21 bits per heavy atom. The number of nitrogens with zero attached hydrogens (tertiary/aromatic N) is 5. The van der Waals surface area contributed by atoms with Gasteiger partial charge in [-0.15, -0.1) is 0 Å². The maximum atomic E-state index is 10.3. The molecule has 0 bridgehead atoms. The molecule has 5 rings (SSSR count). The molecule has 5 aromatic rings. The molecule has 0 aliphatic heterocycles. The summed E-state index contributed by atoms with van der Waals surface area (Å²) in [4.78, 5) is 4.39. The molecular formula is C31H40N10O+2. The minimum absolute atomic E-state index is 0.0610. The number of aromatic nitrogens is 5. The molecule has 3 heterocycles. The molecule has 11 nitrogen and oxygen atoms in total. The van der Waals surface area contributed by atoms with Gasteiger partial charge in [0.25, 0.3) is 0 Å². The van der Waals surface area contributed by atoms with Crippen LogP contribution in [0.2, 0.25) is 0 Å². The fourth-order valence-electron chi connectivity index (χ4n) is 4.60. The van der Waals surface area contributed by atoms with Gasteiger partial charge in [0.05, 0.1) is 32.9 Å². The van der Waals surface area contributed by atoms with Gasteiger partial charge in [0, 0.05) is 54.7 Å². The predicted molar refractivity (Wildman–Crippen MR) is 167 cm³/mol. The molecule has 0 spiro atoms. The Bertz CT molecular complexity index is 1460. The first-order valence-corrected chi connectivity index (χ1v) is 14.1. The summed E-state index contributed by atoms with van der Waals surface area (Å²) >= 11 is 0. The fourth-order valence-corrected chi connectivity index (χ4v) is 4.60. The molecule has 218 valence electrons. The van der Waals surface area contributed by atoms with Crippen molar-refractivity contribution in [3.8, 4) is 5.75 Å². The van der Waals surface area contributed by atoms with Crippen LogP contribution < -0.4 is 36.1 Å². The number of rotatable bonds is 14. The zero-order valence-corrected chi connectivity index (χ0v) is 24.2. The van der Waals surface area contributed by atoms with Crippen LogP contribution >= 0.6 is 0 Å². The van der Waals surface area contributed by atoms with Gasteiger partial charge in [-0.2, -0.15) is 0 Å². The number of nitrogens with two attached hydrogens (primary N) is 1. The molecule has 0 saturated heterocycles. The molecule has 7 N–H and O–H groups in total. The number of benzene rings is 2. The minimum Gasteiger partial charge on any atom is -0.504 e. The van der Waals surface area contributed by atoms with E-state index in [1.807, 2.05) is 84.2 Å². The second-order valence-electron chi connectivity index (χ2n) is 10.4. The van der Waals surface area contributed by atoms with Gasteiger partial charge >= 0.3 is 0 Å². The smallest absolute Gasteiger partial charge is 0.243 e. The Balaban J connectivity index is 1.14. The van der Waals surface area contributed by atoms with Gasteiger partial charge in [0.2, 0.25) is 12.7 Å². The lowest BCUT2D eigenvalue weighted by Gasteiger charge is -2.15. The van der Waals surface area contributed by atoms with Crippen LogP contribution in [-0.2, 0) is 27.2 Å². The minimum atomic E-state index is -0.0779. The molecule has 2 aromatic carbocycles. The quantitative estimate of drug-likeness (QED) is 0.0880. The Labute approximate surface area is 246 Å². The number of hydrogen-bond donors (Lipinski definition) is 6. The average molecular weight is 569 g/mol.